The normalized spacial score (nSPS) is 24.8. The minimum Gasteiger partial charge on any atom is -0.371 e. The summed E-state index contributed by atoms with van der Waals surface area (Å²) in [5.41, 5.74) is 7.39. The summed E-state index contributed by atoms with van der Waals surface area (Å²) in [6, 6.07) is 26.0. The molecule has 0 radical (unpaired) electrons. The number of hydrogen-bond donors (Lipinski definition) is 1. The predicted molar refractivity (Wildman–Crippen MR) is 123 cm³/mol. The molecule has 3 nitrogen and oxygen atoms in total. The summed E-state index contributed by atoms with van der Waals surface area (Å²) >= 11 is 0. The summed E-state index contributed by atoms with van der Waals surface area (Å²) in [5.74, 6) is 0. The van der Waals surface area contributed by atoms with Gasteiger partial charge < -0.3 is 10.2 Å². The third kappa shape index (κ3) is 2.76. The van der Waals surface area contributed by atoms with E-state index in [2.05, 4.69) is 96.9 Å². The van der Waals surface area contributed by atoms with Crippen molar-refractivity contribution in [1.82, 2.24) is 0 Å². The smallest absolute Gasteiger partial charge is 0.211 e. The Labute approximate surface area is 178 Å². The largest absolute Gasteiger partial charge is 0.371 e. The van der Waals surface area contributed by atoms with Crippen LogP contribution in [0.5, 0.6) is 0 Å². The highest BCUT2D eigenvalue weighted by atomic mass is 16.1. The maximum absolute atomic E-state index is 11.4. The molecule has 2 atom stereocenters. The van der Waals surface area contributed by atoms with Crippen molar-refractivity contribution >= 4 is 17.8 Å². The van der Waals surface area contributed by atoms with Crippen LogP contribution in [0.3, 0.4) is 0 Å². The third-order valence-electron chi connectivity index (χ3n) is 7.43. The maximum atomic E-state index is 11.4. The number of hydrogen-bond acceptors (Lipinski definition) is 2. The molecule has 2 heterocycles. The van der Waals surface area contributed by atoms with E-state index in [1.165, 1.54) is 27.9 Å². The van der Waals surface area contributed by atoms with Crippen molar-refractivity contribution in [2.45, 2.75) is 37.5 Å². The van der Waals surface area contributed by atoms with Crippen LogP contribution in [-0.4, -0.2) is 19.5 Å². The molecule has 0 spiro atoms. The van der Waals surface area contributed by atoms with Gasteiger partial charge in [0, 0.05) is 35.3 Å². The fraction of sp³-hybridized carbons (Fsp3) is 0.296. The zero-order valence-electron chi connectivity index (χ0n) is 17.7. The van der Waals surface area contributed by atoms with Crippen molar-refractivity contribution in [1.29, 1.82) is 0 Å². The van der Waals surface area contributed by atoms with Gasteiger partial charge in [0.15, 0.2) is 0 Å². The lowest BCUT2D eigenvalue weighted by atomic mass is 9.64. The molecule has 152 valence electrons. The van der Waals surface area contributed by atoms with Crippen LogP contribution in [0.15, 0.2) is 72.8 Å². The van der Waals surface area contributed by atoms with Crippen LogP contribution in [0.25, 0.3) is 0 Å². The van der Waals surface area contributed by atoms with Crippen molar-refractivity contribution in [3.05, 3.63) is 95.1 Å². The van der Waals surface area contributed by atoms with Gasteiger partial charge in [-0.05, 0) is 47.2 Å². The van der Waals surface area contributed by atoms with Gasteiger partial charge in [0.05, 0.1) is 0 Å². The molecule has 0 saturated heterocycles. The number of benzene rings is 3. The van der Waals surface area contributed by atoms with E-state index in [-0.39, 0.29) is 10.8 Å². The molecule has 5 rings (SSSR count). The summed E-state index contributed by atoms with van der Waals surface area (Å²) < 4.78 is 0. The highest BCUT2D eigenvalue weighted by Gasteiger charge is 2.44. The van der Waals surface area contributed by atoms with E-state index >= 15 is 0 Å². The second-order valence-corrected chi connectivity index (χ2v) is 9.07. The Bertz CT molecular complexity index is 1000. The Morgan fingerprint density at radius 1 is 0.800 bits per heavy atom. The van der Waals surface area contributed by atoms with Gasteiger partial charge >= 0.3 is 0 Å². The molecule has 1 N–H and O–H groups in total. The van der Waals surface area contributed by atoms with E-state index in [1.54, 1.807) is 0 Å². The Hall–Kier alpha value is -3.07. The molecule has 2 aliphatic rings. The topological polar surface area (TPSA) is 32.3 Å². The lowest BCUT2D eigenvalue weighted by Crippen LogP contribution is -2.46. The second-order valence-electron chi connectivity index (χ2n) is 9.07. The highest BCUT2D eigenvalue weighted by molar-refractivity contribution is 5.80. The van der Waals surface area contributed by atoms with E-state index in [1.807, 2.05) is 0 Å². The third-order valence-corrected chi connectivity index (χ3v) is 7.43. The summed E-state index contributed by atoms with van der Waals surface area (Å²) in [6.07, 6.45) is 2.92. The fourth-order valence-corrected chi connectivity index (χ4v) is 5.50. The number of carbonyl (C=O) groups is 1. The first kappa shape index (κ1) is 18.9. The van der Waals surface area contributed by atoms with Crippen LogP contribution < -0.4 is 10.2 Å². The predicted octanol–water partition coefficient (Wildman–Crippen LogP) is 5.48. The molecule has 0 aliphatic carbocycles. The number of amides is 1. The quantitative estimate of drug-likeness (QED) is 0.592. The van der Waals surface area contributed by atoms with Gasteiger partial charge in [-0.3, -0.25) is 4.79 Å². The van der Waals surface area contributed by atoms with Gasteiger partial charge in [-0.1, -0.05) is 74.5 Å². The minimum absolute atomic E-state index is 0.0860. The van der Waals surface area contributed by atoms with Gasteiger partial charge in [0.25, 0.3) is 0 Å². The number of nitrogens with one attached hydrogen (secondary N) is 1. The molecule has 0 fully saturated rings. The Morgan fingerprint density at radius 2 is 1.27 bits per heavy atom. The SMILES string of the molecule is C[C@@]1(c2ccccc2)CCN2CC[C@](C)(c3ccccc3)c3cc(NC=O)cc1c32. The number of carbonyl (C=O) groups excluding carboxylic acids is 1. The van der Waals surface area contributed by atoms with Crippen LogP contribution in [0.1, 0.15) is 48.9 Å². The molecular formula is C27H28N2O. The van der Waals surface area contributed by atoms with Crippen molar-refractivity contribution in [2.24, 2.45) is 0 Å². The average Bonchev–Trinajstić information content (AvgIpc) is 2.79. The minimum atomic E-state index is -0.0860. The summed E-state index contributed by atoms with van der Waals surface area (Å²) in [5, 5.41) is 2.95. The molecule has 30 heavy (non-hydrogen) atoms. The molecule has 0 aromatic heterocycles. The molecule has 0 bridgehead atoms. The van der Waals surface area contributed by atoms with Crippen LogP contribution in [0.2, 0.25) is 0 Å². The number of rotatable bonds is 4. The zero-order chi connectivity index (χ0) is 20.8. The lowest BCUT2D eigenvalue weighted by molar-refractivity contribution is -0.105. The maximum Gasteiger partial charge on any atom is 0.211 e. The molecule has 0 saturated carbocycles. The van der Waals surface area contributed by atoms with Crippen molar-refractivity contribution in [3.63, 3.8) is 0 Å². The Morgan fingerprint density at radius 3 is 1.70 bits per heavy atom. The molecule has 2 aliphatic heterocycles. The van der Waals surface area contributed by atoms with E-state index in [0.717, 1.165) is 38.0 Å². The standard InChI is InChI=1S/C27H28N2O/c1-26(20-9-5-3-6-10-20)13-15-29-16-14-27(2,21-11-7-4-8-12-21)24-18-22(28-19-30)17-23(26)25(24)29/h3-12,17-19H,13-16H2,1-2H3,(H,28,30)/t26-,27+. The number of nitrogens with zero attached hydrogens (tertiary/aromatic N) is 1. The lowest BCUT2D eigenvalue weighted by Gasteiger charge is -2.50. The van der Waals surface area contributed by atoms with Crippen LogP contribution >= 0.6 is 0 Å². The zero-order valence-corrected chi connectivity index (χ0v) is 17.7. The first-order valence-corrected chi connectivity index (χ1v) is 10.8. The molecular weight excluding hydrogens is 368 g/mol. The van der Waals surface area contributed by atoms with E-state index in [4.69, 9.17) is 0 Å². The molecule has 1 amide bonds. The van der Waals surface area contributed by atoms with Crippen molar-refractivity contribution in [2.75, 3.05) is 23.3 Å². The Kier molecular flexibility index (Phi) is 4.43. The molecule has 3 heteroatoms. The van der Waals surface area contributed by atoms with Crippen LogP contribution in [0.4, 0.5) is 11.4 Å². The first-order valence-electron chi connectivity index (χ1n) is 10.8. The highest BCUT2D eigenvalue weighted by Crippen LogP contribution is 2.53. The van der Waals surface area contributed by atoms with Gasteiger partial charge in [-0.15, -0.1) is 0 Å². The second kappa shape index (κ2) is 7.02. The van der Waals surface area contributed by atoms with Crippen LogP contribution in [-0.2, 0) is 15.6 Å². The van der Waals surface area contributed by atoms with Gasteiger partial charge in [-0.25, -0.2) is 0 Å². The van der Waals surface area contributed by atoms with Gasteiger partial charge in [0.1, 0.15) is 0 Å². The summed E-state index contributed by atoms with van der Waals surface area (Å²) in [6.45, 7) is 6.82. The summed E-state index contributed by atoms with van der Waals surface area (Å²) in [7, 11) is 0. The first-order chi connectivity index (χ1) is 14.6. The van der Waals surface area contributed by atoms with E-state index in [0.29, 0.717) is 0 Å². The average molecular weight is 397 g/mol. The molecule has 0 unspecified atom stereocenters. The summed E-state index contributed by atoms with van der Waals surface area (Å²) in [4.78, 5) is 13.9. The monoisotopic (exact) mass is 396 g/mol. The fourth-order valence-electron chi connectivity index (χ4n) is 5.50. The van der Waals surface area contributed by atoms with E-state index < -0.39 is 0 Å². The molecule has 3 aromatic carbocycles. The van der Waals surface area contributed by atoms with E-state index in [9.17, 15) is 4.79 Å². The van der Waals surface area contributed by atoms with Gasteiger partial charge in [-0.2, -0.15) is 0 Å². The van der Waals surface area contributed by atoms with Crippen molar-refractivity contribution in [3.8, 4) is 0 Å². The Balaban J connectivity index is 1.79. The van der Waals surface area contributed by atoms with Crippen LogP contribution in [0, 0.1) is 0 Å². The number of anilines is 2. The molecule has 3 aromatic rings. The van der Waals surface area contributed by atoms with Gasteiger partial charge in [0.2, 0.25) is 6.41 Å². The van der Waals surface area contributed by atoms with Crippen molar-refractivity contribution < 1.29 is 4.79 Å².